The zero-order chi connectivity index (χ0) is 20.2. The molecule has 29 heavy (non-hydrogen) atoms. The summed E-state index contributed by atoms with van der Waals surface area (Å²) in [6, 6.07) is 4.87. The Morgan fingerprint density at radius 3 is 2.66 bits per heavy atom. The average molecular weight is 527 g/mol. The number of ether oxygens (including phenoxy) is 3. The van der Waals surface area contributed by atoms with Crippen molar-refractivity contribution in [1.82, 2.24) is 10.6 Å². The van der Waals surface area contributed by atoms with E-state index in [1.807, 2.05) is 6.92 Å². The van der Waals surface area contributed by atoms with Gasteiger partial charge in [0.2, 0.25) is 0 Å². The molecule has 0 unspecified atom stereocenters. The van der Waals surface area contributed by atoms with E-state index in [9.17, 15) is 8.78 Å². The molecule has 6 nitrogen and oxygen atoms in total. The zero-order valence-corrected chi connectivity index (χ0v) is 19.4. The van der Waals surface area contributed by atoms with Gasteiger partial charge in [0.1, 0.15) is 0 Å². The number of halogens is 3. The molecule has 2 N–H and O–H groups in total. The molecule has 9 heteroatoms. The molecule has 0 amide bonds. The van der Waals surface area contributed by atoms with E-state index >= 15 is 0 Å². The molecule has 2 rings (SSSR count). The Balaban J connectivity index is 0.00000420. The Hall–Kier alpha value is -1.36. The molecule has 1 aliphatic carbocycles. The third kappa shape index (κ3) is 10.8. The summed E-state index contributed by atoms with van der Waals surface area (Å²) in [4.78, 5) is 4.54. The van der Waals surface area contributed by atoms with Crippen molar-refractivity contribution in [1.29, 1.82) is 0 Å². The van der Waals surface area contributed by atoms with Gasteiger partial charge in [0.25, 0.3) is 0 Å². The van der Waals surface area contributed by atoms with Crippen LogP contribution in [-0.4, -0.2) is 45.5 Å². The van der Waals surface area contributed by atoms with Gasteiger partial charge in [-0.25, -0.2) is 4.99 Å². The van der Waals surface area contributed by atoms with E-state index in [2.05, 4.69) is 20.4 Å². The number of alkyl halides is 2. The molecule has 0 radical (unpaired) electrons. The van der Waals surface area contributed by atoms with E-state index in [4.69, 9.17) is 9.47 Å². The summed E-state index contributed by atoms with van der Waals surface area (Å²) in [5.74, 6) is 1.81. The van der Waals surface area contributed by atoms with Crippen molar-refractivity contribution < 1.29 is 23.0 Å². The molecule has 1 saturated carbocycles. The summed E-state index contributed by atoms with van der Waals surface area (Å²) in [6.45, 7) is 4.78. The molecular formula is C20H32F2IN3O3. The van der Waals surface area contributed by atoms with Crippen LogP contribution in [0.2, 0.25) is 0 Å². The van der Waals surface area contributed by atoms with Gasteiger partial charge in [0.15, 0.2) is 17.5 Å². The molecule has 0 spiro atoms. The van der Waals surface area contributed by atoms with E-state index in [0.717, 1.165) is 44.2 Å². The molecule has 0 aliphatic heterocycles. The Labute approximate surface area is 188 Å². The lowest BCUT2D eigenvalue weighted by Gasteiger charge is -2.13. The number of benzene rings is 1. The number of guanidine groups is 1. The van der Waals surface area contributed by atoms with E-state index < -0.39 is 6.61 Å². The summed E-state index contributed by atoms with van der Waals surface area (Å²) in [5, 5.41) is 6.47. The van der Waals surface area contributed by atoms with Crippen LogP contribution < -0.4 is 20.1 Å². The minimum Gasteiger partial charge on any atom is -0.490 e. The van der Waals surface area contributed by atoms with Gasteiger partial charge in [0, 0.05) is 26.3 Å². The van der Waals surface area contributed by atoms with Gasteiger partial charge in [-0.1, -0.05) is 6.07 Å². The highest BCUT2D eigenvalue weighted by Gasteiger charge is 2.20. The lowest BCUT2D eigenvalue weighted by Crippen LogP contribution is -2.38. The van der Waals surface area contributed by atoms with Crippen LogP contribution in [0.4, 0.5) is 8.78 Å². The average Bonchev–Trinajstić information content (AvgIpc) is 3.48. The lowest BCUT2D eigenvalue weighted by atomic mass is 10.2. The third-order valence-electron chi connectivity index (χ3n) is 4.10. The monoisotopic (exact) mass is 527 g/mol. The fraction of sp³-hybridized carbons (Fsp3) is 0.650. The number of nitrogens with zero attached hydrogens (tertiary/aromatic N) is 1. The standard InChI is InChI=1S/C20H31F2N3O3.HI/c1-3-23-20(24-10-5-11-26-14-15-6-7-15)25-13-16-8-9-17(28-19(21)22)18(12-16)27-4-2;/h8-9,12,15,19H,3-7,10-11,13-14H2,1-2H3,(H2,23,24,25);1H. The predicted molar refractivity (Wildman–Crippen MR) is 121 cm³/mol. The van der Waals surface area contributed by atoms with Crippen LogP contribution in [0.15, 0.2) is 23.2 Å². The molecule has 0 heterocycles. The van der Waals surface area contributed by atoms with Crippen LogP contribution in [0, 0.1) is 5.92 Å². The maximum absolute atomic E-state index is 12.5. The second-order valence-corrected chi connectivity index (χ2v) is 6.59. The minimum atomic E-state index is -2.89. The quantitative estimate of drug-likeness (QED) is 0.175. The fourth-order valence-corrected chi connectivity index (χ4v) is 2.54. The van der Waals surface area contributed by atoms with Gasteiger partial charge in [-0.2, -0.15) is 8.78 Å². The summed E-state index contributed by atoms with van der Waals surface area (Å²) < 4.78 is 40.5. The van der Waals surface area contributed by atoms with E-state index in [1.165, 1.54) is 18.9 Å². The molecular weight excluding hydrogens is 495 g/mol. The van der Waals surface area contributed by atoms with Crippen molar-refractivity contribution in [2.45, 2.75) is 46.3 Å². The van der Waals surface area contributed by atoms with Crippen molar-refractivity contribution in [2.75, 3.05) is 32.9 Å². The number of nitrogens with one attached hydrogen (secondary N) is 2. The van der Waals surface area contributed by atoms with Crippen molar-refractivity contribution in [2.24, 2.45) is 10.9 Å². The van der Waals surface area contributed by atoms with Crippen LogP contribution in [0.3, 0.4) is 0 Å². The van der Waals surface area contributed by atoms with Crippen molar-refractivity contribution in [3.8, 4) is 11.5 Å². The second-order valence-electron chi connectivity index (χ2n) is 6.59. The maximum atomic E-state index is 12.5. The van der Waals surface area contributed by atoms with Crippen LogP contribution >= 0.6 is 24.0 Å². The van der Waals surface area contributed by atoms with E-state index in [0.29, 0.717) is 24.9 Å². The van der Waals surface area contributed by atoms with Crippen molar-refractivity contribution >= 4 is 29.9 Å². The van der Waals surface area contributed by atoms with E-state index in [-0.39, 0.29) is 29.7 Å². The number of hydrogen-bond acceptors (Lipinski definition) is 4. The van der Waals surface area contributed by atoms with Gasteiger partial charge in [-0.15, -0.1) is 24.0 Å². The van der Waals surface area contributed by atoms with Crippen molar-refractivity contribution in [3.05, 3.63) is 23.8 Å². The first-order valence-corrected chi connectivity index (χ1v) is 9.92. The Morgan fingerprint density at radius 1 is 1.21 bits per heavy atom. The van der Waals surface area contributed by atoms with Gasteiger partial charge in [-0.05, 0) is 56.7 Å². The zero-order valence-electron chi connectivity index (χ0n) is 17.1. The molecule has 0 saturated heterocycles. The summed E-state index contributed by atoms with van der Waals surface area (Å²) in [6.07, 6.45) is 3.51. The number of aliphatic imine (C=N–C) groups is 1. The normalized spacial score (nSPS) is 13.8. The Kier molecular flexibility index (Phi) is 12.9. The first-order valence-electron chi connectivity index (χ1n) is 9.92. The molecule has 1 aromatic carbocycles. The first kappa shape index (κ1) is 25.7. The summed E-state index contributed by atoms with van der Waals surface area (Å²) in [7, 11) is 0. The highest BCUT2D eigenvalue weighted by atomic mass is 127. The molecule has 0 atom stereocenters. The number of hydrogen-bond donors (Lipinski definition) is 2. The van der Waals surface area contributed by atoms with Gasteiger partial charge < -0.3 is 24.8 Å². The van der Waals surface area contributed by atoms with Crippen LogP contribution in [0.25, 0.3) is 0 Å². The van der Waals surface area contributed by atoms with E-state index in [1.54, 1.807) is 19.1 Å². The Morgan fingerprint density at radius 2 is 2.00 bits per heavy atom. The highest BCUT2D eigenvalue weighted by Crippen LogP contribution is 2.30. The molecule has 0 aromatic heterocycles. The van der Waals surface area contributed by atoms with Gasteiger partial charge in [-0.3, -0.25) is 0 Å². The predicted octanol–water partition coefficient (Wildman–Crippen LogP) is 4.18. The van der Waals surface area contributed by atoms with Crippen LogP contribution in [-0.2, 0) is 11.3 Å². The molecule has 1 aliphatic rings. The highest BCUT2D eigenvalue weighted by molar-refractivity contribution is 14.0. The van der Waals surface area contributed by atoms with Crippen LogP contribution in [0.1, 0.15) is 38.7 Å². The number of rotatable bonds is 13. The third-order valence-corrected chi connectivity index (χ3v) is 4.10. The minimum absolute atomic E-state index is 0. The second kappa shape index (κ2) is 14.6. The van der Waals surface area contributed by atoms with Crippen molar-refractivity contribution in [3.63, 3.8) is 0 Å². The summed E-state index contributed by atoms with van der Waals surface area (Å²) >= 11 is 0. The maximum Gasteiger partial charge on any atom is 0.387 e. The molecule has 1 fully saturated rings. The largest absolute Gasteiger partial charge is 0.490 e. The molecule has 0 bridgehead atoms. The SMILES string of the molecule is CCNC(=NCc1ccc(OC(F)F)c(OCC)c1)NCCCOCC1CC1.I. The first-order chi connectivity index (χ1) is 13.6. The molecule has 1 aromatic rings. The smallest absolute Gasteiger partial charge is 0.387 e. The molecule has 166 valence electrons. The van der Waals surface area contributed by atoms with Gasteiger partial charge >= 0.3 is 6.61 Å². The fourth-order valence-electron chi connectivity index (χ4n) is 2.54. The summed E-state index contributed by atoms with van der Waals surface area (Å²) in [5.41, 5.74) is 0.843. The van der Waals surface area contributed by atoms with Gasteiger partial charge in [0.05, 0.1) is 13.2 Å². The van der Waals surface area contributed by atoms with Crippen LogP contribution in [0.5, 0.6) is 11.5 Å². The Bertz CT molecular complexity index is 617. The lowest BCUT2D eigenvalue weighted by molar-refractivity contribution is -0.0514. The topological polar surface area (TPSA) is 64.1 Å².